The van der Waals surface area contributed by atoms with E-state index in [9.17, 15) is 9.59 Å². The van der Waals surface area contributed by atoms with Gasteiger partial charge in [0.2, 0.25) is 5.91 Å². The van der Waals surface area contributed by atoms with Gasteiger partial charge >= 0.3 is 0 Å². The number of hydrogen-bond donors (Lipinski definition) is 2. The summed E-state index contributed by atoms with van der Waals surface area (Å²) >= 11 is 0. The molecule has 0 saturated carbocycles. The third-order valence-corrected chi connectivity index (χ3v) is 3.15. The summed E-state index contributed by atoms with van der Waals surface area (Å²) in [6.45, 7) is 7.72. The molecule has 19 heavy (non-hydrogen) atoms. The minimum absolute atomic E-state index is 0.0866. The molecular weight excluding hydrogens is 240 g/mol. The van der Waals surface area contributed by atoms with Crippen LogP contribution < -0.4 is 10.6 Å². The van der Waals surface area contributed by atoms with Crippen molar-refractivity contribution in [1.82, 2.24) is 10.6 Å². The van der Waals surface area contributed by atoms with E-state index in [4.69, 9.17) is 0 Å². The smallest absolute Gasteiger partial charge is 0.251 e. The molecule has 1 rings (SSSR count). The normalized spacial score (nSPS) is 13.7. The van der Waals surface area contributed by atoms with Gasteiger partial charge in [-0.2, -0.15) is 0 Å². The predicted octanol–water partition coefficient (Wildman–Crippen LogP) is 1.97. The maximum absolute atomic E-state index is 11.9. The molecule has 0 radical (unpaired) electrons. The Morgan fingerprint density at radius 2 is 1.53 bits per heavy atom. The summed E-state index contributed by atoms with van der Waals surface area (Å²) in [4.78, 5) is 23.8. The van der Waals surface area contributed by atoms with Crippen molar-refractivity contribution in [1.29, 1.82) is 0 Å². The summed E-state index contributed by atoms with van der Waals surface area (Å²) in [6.07, 6.45) is 0. The van der Waals surface area contributed by atoms with E-state index in [-0.39, 0.29) is 17.9 Å². The molecule has 2 atom stereocenters. The highest BCUT2D eigenvalue weighted by Gasteiger charge is 2.19. The molecule has 0 aliphatic heterocycles. The zero-order chi connectivity index (χ0) is 14.4. The van der Waals surface area contributed by atoms with Crippen LogP contribution in [0.25, 0.3) is 0 Å². The van der Waals surface area contributed by atoms with Crippen LogP contribution in [0.2, 0.25) is 0 Å². The molecule has 0 heterocycles. The minimum Gasteiger partial charge on any atom is -0.352 e. The van der Waals surface area contributed by atoms with Crippen LogP contribution >= 0.6 is 0 Å². The Hall–Kier alpha value is -1.84. The van der Waals surface area contributed by atoms with Gasteiger partial charge in [-0.05, 0) is 31.9 Å². The first-order chi connectivity index (χ1) is 8.91. The fourth-order valence-electron chi connectivity index (χ4n) is 1.45. The van der Waals surface area contributed by atoms with Crippen molar-refractivity contribution in [2.75, 3.05) is 0 Å². The molecule has 0 aliphatic rings. The van der Waals surface area contributed by atoms with Crippen molar-refractivity contribution >= 4 is 11.8 Å². The van der Waals surface area contributed by atoms with Crippen molar-refractivity contribution in [3.63, 3.8) is 0 Å². The van der Waals surface area contributed by atoms with Gasteiger partial charge in [0.1, 0.15) is 6.04 Å². The van der Waals surface area contributed by atoms with Crippen LogP contribution in [-0.2, 0) is 4.79 Å². The first-order valence-electron chi connectivity index (χ1n) is 6.58. The van der Waals surface area contributed by atoms with Crippen LogP contribution in [0.1, 0.15) is 38.1 Å². The van der Waals surface area contributed by atoms with E-state index in [0.717, 1.165) is 0 Å². The lowest BCUT2D eigenvalue weighted by molar-refractivity contribution is -0.123. The number of carbonyl (C=O) groups is 2. The molecule has 2 amide bonds. The van der Waals surface area contributed by atoms with E-state index in [1.807, 2.05) is 26.8 Å². The second kappa shape index (κ2) is 6.92. The summed E-state index contributed by atoms with van der Waals surface area (Å²) in [6, 6.07) is 8.41. The van der Waals surface area contributed by atoms with E-state index in [0.29, 0.717) is 11.5 Å². The van der Waals surface area contributed by atoms with Gasteiger partial charge in [-0.15, -0.1) is 0 Å². The van der Waals surface area contributed by atoms with Gasteiger partial charge in [-0.1, -0.05) is 32.0 Å². The maximum atomic E-state index is 11.9. The molecule has 1 aromatic carbocycles. The topological polar surface area (TPSA) is 58.2 Å². The fraction of sp³-hybridized carbons (Fsp3) is 0.467. The second-order valence-corrected chi connectivity index (χ2v) is 5.10. The molecule has 0 saturated heterocycles. The van der Waals surface area contributed by atoms with Crippen molar-refractivity contribution in [3.8, 4) is 0 Å². The molecule has 0 aliphatic carbocycles. The van der Waals surface area contributed by atoms with Gasteiger partial charge in [0.15, 0.2) is 0 Å². The Balaban J connectivity index is 2.53. The molecule has 0 aromatic heterocycles. The first-order valence-corrected chi connectivity index (χ1v) is 6.58. The Morgan fingerprint density at radius 3 is 2.05 bits per heavy atom. The Bertz CT molecular complexity index is 429. The average Bonchev–Trinajstić information content (AvgIpc) is 2.39. The van der Waals surface area contributed by atoms with Gasteiger partial charge in [0.05, 0.1) is 0 Å². The van der Waals surface area contributed by atoms with Gasteiger partial charge < -0.3 is 10.6 Å². The quantitative estimate of drug-likeness (QED) is 0.852. The largest absolute Gasteiger partial charge is 0.352 e. The predicted molar refractivity (Wildman–Crippen MR) is 75.8 cm³/mol. The van der Waals surface area contributed by atoms with E-state index >= 15 is 0 Å². The highest BCUT2D eigenvalue weighted by molar-refractivity contribution is 5.97. The molecule has 0 spiro atoms. The summed E-state index contributed by atoms with van der Waals surface area (Å²) < 4.78 is 0. The highest BCUT2D eigenvalue weighted by Crippen LogP contribution is 2.01. The summed E-state index contributed by atoms with van der Waals surface area (Å²) in [5.74, 6) is -0.0353. The number of rotatable bonds is 5. The summed E-state index contributed by atoms with van der Waals surface area (Å²) in [7, 11) is 0. The van der Waals surface area contributed by atoms with Crippen LogP contribution in [-0.4, -0.2) is 23.9 Å². The molecule has 104 valence electrons. The lowest BCUT2D eigenvalue weighted by Gasteiger charge is -2.21. The number of nitrogens with one attached hydrogen (secondary N) is 2. The summed E-state index contributed by atoms with van der Waals surface area (Å²) in [5.41, 5.74) is 0.555. The van der Waals surface area contributed by atoms with Crippen molar-refractivity contribution in [3.05, 3.63) is 35.9 Å². The van der Waals surface area contributed by atoms with Crippen molar-refractivity contribution in [2.24, 2.45) is 5.92 Å². The Labute approximate surface area is 114 Å². The third kappa shape index (κ3) is 4.73. The van der Waals surface area contributed by atoms with Crippen LogP contribution in [0.4, 0.5) is 0 Å². The van der Waals surface area contributed by atoms with E-state index in [2.05, 4.69) is 10.6 Å². The molecule has 4 heteroatoms. The average molecular weight is 262 g/mol. The number of amides is 2. The third-order valence-electron chi connectivity index (χ3n) is 3.15. The zero-order valence-corrected chi connectivity index (χ0v) is 11.9. The first kappa shape index (κ1) is 15.2. The number of hydrogen-bond acceptors (Lipinski definition) is 2. The SMILES string of the molecule is CC(NC(=O)c1ccccc1)C(=O)NC(C)C(C)C. The number of benzene rings is 1. The van der Waals surface area contributed by atoms with Crippen molar-refractivity contribution < 1.29 is 9.59 Å². The van der Waals surface area contributed by atoms with E-state index in [1.165, 1.54) is 0 Å². The van der Waals surface area contributed by atoms with Crippen LogP contribution in [0, 0.1) is 5.92 Å². The van der Waals surface area contributed by atoms with Crippen LogP contribution in [0.15, 0.2) is 30.3 Å². The highest BCUT2D eigenvalue weighted by atomic mass is 16.2. The molecule has 0 fully saturated rings. The van der Waals surface area contributed by atoms with Gasteiger partial charge in [-0.25, -0.2) is 0 Å². The van der Waals surface area contributed by atoms with Crippen LogP contribution in [0.5, 0.6) is 0 Å². The van der Waals surface area contributed by atoms with Crippen molar-refractivity contribution in [2.45, 2.75) is 39.8 Å². The molecule has 2 unspecified atom stereocenters. The minimum atomic E-state index is -0.547. The molecule has 0 bridgehead atoms. The van der Waals surface area contributed by atoms with E-state index < -0.39 is 6.04 Å². The Morgan fingerprint density at radius 1 is 0.947 bits per heavy atom. The molecular formula is C15H22N2O2. The Kier molecular flexibility index (Phi) is 5.55. The fourth-order valence-corrected chi connectivity index (χ4v) is 1.45. The monoisotopic (exact) mass is 262 g/mol. The molecule has 4 nitrogen and oxygen atoms in total. The molecule has 1 aromatic rings. The standard InChI is InChI=1S/C15H22N2O2/c1-10(2)11(3)16-14(18)12(4)17-15(19)13-8-6-5-7-9-13/h5-12H,1-4H3,(H,16,18)(H,17,19). The van der Waals surface area contributed by atoms with Crippen LogP contribution in [0.3, 0.4) is 0 Å². The van der Waals surface area contributed by atoms with Gasteiger partial charge in [-0.3, -0.25) is 9.59 Å². The summed E-state index contributed by atoms with van der Waals surface area (Å²) in [5, 5.41) is 5.57. The zero-order valence-electron chi connectivity index (χ0n) is 11.9. The van der Waals surface area contributed by atoms with Gasteiger partial charge in [0, 0.05) is 11.6 Å². The maximum Gasteiger partial charge on any atom is 0.251 e. The lowest BCUT2D eigenvalue weighted by Crippen LogP contribution is -2.48. The molecule has 2 N–H and O–H groups in total. The second-order valence-electron chi connectivity index (χ2n) is 5.10. The van der Waals surface area contributed by atoms with Gasteiger partial charge in [0.25, 0.3) is 5.91 Å². The number of carbonyl (C=O) groups excluding carboxylic acids is 2. The van der Waals surface area contributed by atoms with E-state index in [1.54, 1.807) is 31.2 Å². The lowest BCUT2D eigenvalue weighted by atomic mass is 10.1.